The summed E-state index contributed by atoms with van der Waals surface area (Å²) in [5.41, 5.74) is -0.709. The molecule has 0 radical (unpaired) electrons. The molecule has 0 bridgehead atoms. The predicted molar refractivity (Wildman–Crippen MR) is 64.5 cm³/mol. The number of hydrogen-bond acceptors (Lipinski definition) is 5. The van der Waals surface area contributed by atoms with Gasteiger partial charge in [0.05, 0.1) is 0 Å². The molecule has 1 rings (SSSR count). The van der Waals surface area contributed by atoms with Crippen molar-refractivity contribution in [3.05, 3.63) is 0 Å². The minimum absolute atomic E-state index is 0.184. The van der Waals surface area contributed by atoms with Crippen molar-refractivity contribution in [2.75, 3.05) is 6.54 Å². The predicted octanol–water partition coefficient (Wildman–Crippen LogP) is 1.01. The van der Waals surface area contributed by atoms with E-state index in [9.17, 15) is 19.5 Å². The fraction of sp³-hybridized carbons (Fsp3) is 0.750. The van der Waals surface area contributed by atoms with Gasteiger partial charge in [-0.1, -0.05) is 0 Å². The van der Waals surface area contributed by atoms with E-state index in [0.29, 0.717) is 0 Å². The SMILES string of the molecule is CC(=O)O[C@@H]1CCN(C(=O)OC(C)(C)C)[C@@H]1C(=O)O. The third-order valence-corrected chi connectivity index (χ3v) is 2.54. The van der Waals surface area contributed by atoms with Crippen LogP contribution in [0.2, 0.25) is 0 Å². The molecule has 0 saturated carbocycles. The molecule has 7 heteroatoms. The quantitative estimate of drug-likeness (QED) is 0.755. The molecular weight excluding hydrogens is 254 g/mol. The summed E-state index contributed by atoms with van der Waals surface area (Å²) in [7, 11) is 0. The Morgan fingerprint density at radius 3 is 2.26 bits per heavy atom. The number of nitrogens with zero attached hydrogens (tertiary/aromatic N) is 1. The fourth-order valence-electron chi connectivity index (χ4n) is 1.92. The van der Waals surface area contributed by atoms with Gasteiger partial charge in [-0.3, -0.25) is 9.69 Å². The minimum Gasteiger partial charge on any atom is -0.480 e. The van der Waals surface area contributed by atoms with Crippen LogP contribution in [0.4, 0.5) is 4.79 Å². The van der Waals surface area contributed by atoms with Crippen LogP contribution >= 0.6 is 0 Å². The Morgan fingerprint density at radius 2 is 1.84 bits per heavy atom. The molecule has 108 valence electrons. The molecule has 1 fully saturated rings. The molecule has 7 nitrogen and oxygen atoms in total. The number of aliphatic carboxylic acids is 1. The lowest BCUT2D eigenvalue weighted by Gasteiger charge is -2.27. The van der Waals surface area contributed by atoms with Crippen LogP contribution in [-0.4, -0.2) is 52.3 Å². The van der Waals surface area contributed by atoms with Crippen LogP contribution in [0.3, 0.4) is 0 Å². The van der Waals surface area contributed by atoms with E-state index < -0.39 is 35.8 Å². The molecule has 1 N–H and O–H groups in total. The highest BCUT2D eigenvalue weighted by Crippen LogP contribution is 2.24. The second-order valence-electron chi connectivity index (χ2n) is 5.39. The molecule has 1 aliphatic heterocycles. The van der Waals surface area contributed by atoms with Crippen molar-refractivity contribution >= 4 is 18.0 Å². The lowest BCUT2D eigenvalue weighted by molar-refractivity contribution is -0.154. The Bertz CT molecular complexity index is 386. The van der Waals surface area contributed by atoms with Crippen LogP contribution in [0.1, 0.15) is 34.1 Å². The lowest BCUT2D eigenvalue weighted by Crippen LogP contribution is -2.47. The van der Waals surface area contributed by atoms with Gasteiger partial charge in [0.25, 0.3) is 0 Å². The van der Waals surface area contributed by atoms with E-state index in [4.69, 9.17) is 9.47 Å². The van der Waals surface area contributed by atoms with Gasteiger partial charge < -0.3 is 14.6 Å². The Labute approximate surface area is 111 Å². The van der Waals surface area contributed by atoms with E-state index in [0.717, 1.165) is 4.90 Å². The van der Waals surface area contributed by atoms with Crippen molar-refractivity contribution in [1.29, 1.82) is 0 Å². The van der Waals surface area contributed by atoms with Crippen molar-refractivity contribution in [2.24, 2.45) is 0 Å². The molecule has 2 atom stereocenters. The van der Waals surface area contributed by atoms with E-state index in [1.165, 1.54) is 6.92 Å². The maximum atomic E-state index is 11.9. The van der Waals surface area contributed by atoms with Crippen molar-refractivity contribution < 1.29 is 29.0 Å². The highest BCUT2D eigenvalue weighted by atomic mass is 16.6. The topological polar surface area (TPSA) is 93.1 Å². The normalized spacial score (nSPS) is 23.1. The molecule has 0 spiro atoms. The lowest BCUT2D eigenvalue weighted by atomic mass is 10.1. The zero-order valence-corrected chi connectivity index (χ0v) is 11.5. The van der Waals surface area contributed by atoms with E-state index in [-0.39, 0.29) is 13.0 Å². The molecule has 0 aromatic heterocycles. The molecule has 1 heterocycles. The molecule has 1 aliphatic rings. The van der Waals surface area contributed by atoms with Crippen molar-refractivity contribution in [1.82, 2.24) is 4.90 Å². The average molecular weight is 273 g/mol. The van der Waals surface area contributed by atoms with Crippen molar-refractivity contribution in [3.63, 3.8) is 0 Å². The first-order valence-electron chi connectivity index (χ1n) is 6.01. The van der Waals surface area contributed by atoms with E-state index >= 15 is 0 Å². The summed E-state index contributed by atoms with van der Waals surface area (Å²) in [4.78, 5) is 35.1. The van der Waals surface area contributed by atoms with Gasteiger partial charge in [0, 0.05) is 19.9 Å². The maximum absolute atomic E-state index is 11.9. The molecule has 0 aromatic carbocycles. The summed E-state index contributed by atoms with van der Waals surface area (Å²) in [6.45, 7) is 6.47. The molecular formula is C12H19NO6. The summed E-state index contributed by atoms with van der Waals surface area (Å²) >= 11 is 0. The highest BCUT2D eigenvalue weighted by Gasteiger charge is 2.45. The smallest absolute Gasteiger partial charge is 0.411 e. The van der Waals surface area contributed by atoms with Crippen LogP contribution in [0.15, 0.2) is 0 Å². The van der Waals surface area contributed by atoms with Gasteiger partial charge in [0.1, 0.15) is 11.7 Å². The third kappa shape index (κ3) is 4.11. The number of carboxylic acids is 1. The number of likely N-dealkylation sites (tertiary alicyclic amines) is 1. The number of ether oxygens (including phenoxy) is 2. The van der Waals surface area contributed by atoms with Gasteiger partial charge in [-0.15, -0.1) is 0 Å². The number of carbonyl (C=O) groups excluding carboxylic acids is 2. The second-order valence-corrected chi connectivity index (χ2v) is 5.39. The van der Waals surface area contributed by atoms with Crippen LogP contribution in [-0.2, 0) is 19.1 Å². The number of carboxylic acid groups (broad SMARTS) is 1. The molecule has 0 unspecified atom stereocenters. The molecule has 1 amide bonds. The molecule has 19 heavy (non-hydrogen) atoms. The summed E-state index contributed by atoms with van der Waals surface area (Å²) in [5.74, 6) is -1.78. The van der Waals surface area contributed by atoms with Crippen LogP contribution in [0.5, 0.6) is 0 Å². The van der Waals surface area contributed by atoms with Crippen LogP contribution in [0, 0.1) is 0 Å². The number of rotatable bonds is 2. The fourth-order valence-corrected chi connectivity index (χ4v) is 1.92. The Balaban J connectivity index is 2.81. The number of amides is 1. The van der Waals surface area contributed by atoms with Crippen LogP contribution < -0.4 is 0 Å². The third-order valence-electron chi connectivity index (χ3n) is 2.54. The van der Waals surface area contributed by atoms with Gasteiger partial charge in [0.15, 0.2) is 6.04 Å². The summed E-state index contributed by atoms with van der Waals surface area (Å²) < 4.78 is 10.1. The Morgan fingerprint density at radius 1 is 1.26 bits per heavy atom. The van der Waals surface area contributed by atoms with Crippen molar-refractivity contribution in [2.45, 2.75) is 51.9 Å². The van der Waals surface area contributed by atoms with Gasteiger partial charge in [-0.05, 0) is 20.8 Å². The number of esters is 1. The zero-order valence-electron chi connectivity index (χ0n) is 11.5. The number of hydrogen-bond donors (Lipinski definition) is 1. The standard InChI is InChI=1S/C12H19NO6/c1-7(14)18-8-5-6-13(9(8)10(15)16)11(17)19-12(2,3)4/h8-9H,5-6H2,1-4H3,(H,15,16)/t8-,9+/m1/s1. The van der Waals surface area contributed by atoms with Gasteiger partial charge in [0.2, 0.25) is 0 Å². The molecule has 0 aromatic rings. The zero-order chi connectivity index (χ0) is 14.8. The first kappa shape index (κ1) is 15.3. The van der Waals surface area contributed by atoms with Gasteiger partial charge in [-0.2, -0.15) is 0 Å². The minimum atomic E-state index is -1.21. The second kappa shape index (κ2) is 5.46. The Kier molecular flexibility index (Phi) is 4.39. The molecule has 0 aliphatic carbocycles. The number of carbonyl (C=O) groups is 3. The highest BCUT2D eigenvalue weighted by molar-refractivity contribution is 5.82. The average Bonchev–Trinajstić information content (AvgIpc) is 2.57. The van der Waals surface area contributed by atoms with E-state index in [2.05, 4.69) is 0 Å². The Hall–Kier alpha value is -1.79. The van der Waals surface area contributed by atoms with Gasteiger partial charge >= 0.3 is 18.0 Å². The molecule has 1 saturated heterocycles. The summed E-state index contributed by atoms with van der Waals surface area (Å²) in [5, 5.41) is 9.17. The largest absolute Gasteiger partial charge is 0.480 e. The van der Waals surface area contributed by atoms with E-state index in [1.807, 2.05) is 0 Å². The van der Waals surface area contributed by atoms with Crippen LogP contribution in [0.25, 0.3) is 0 Å². The first-order valence-corrected chi connectivity index (χ1v) is 6.01. The summed E-state index contributed by atoms with van der Waals surface area (Å²) in [6.07, 6.45) is -1.26. The summed E-state index contributed by atoms with van der Waals surface area (Å²) in [6, 6.07) is -1.20. The van der Waals surface area contributed by atoms with Gasteiger partial charge in [-0.25, -0.2) is 9.59 Å². The van der Waals surface area contributed by atoms with Crippen molar-refractivity contribution in [3.8, 4) is 0 Å². The monoisotopic (exact) mass is 273 g/mol. The first-order chi connectivity index (χ1) is 8.61. The maximum Gasteiger partial charge on any atom is 0.411 e. The van der Waals surface area contributed by atoms with E-state index in [1.54, 1.807) is 20.8 Å².